The fraction of sp³-hybridized carbons (Fsp3) is 0.211. The second-order valence-corrected chi connectivity index (χ2v) is 5.93. The number of rotatable bonds is 7. The Morgan fingerprint density at radius 2 is 1.66 bits per heavy atom. The Morgan fingerprint density at radius 1 is 1.03 bits per heavy atom. The summed E-state index contributed by atoms with van der Waals surface area (Å²) in [6, 6.07) is 11.4. The number of hydrogen-bond donors (Lipinski definition) is 3. The lowest BCUT2D eigenvalue weighted by Gasteiger charge is -2.15. The molecule has 0 spiro atoms. The maximum atomic E-state index is 12.1. The minimum Gasteiger partial charge on any atom is -0.481 e. The minimum absolute atomic E-state index is 0.0954. The molecule has 0 radical (unpaired) electrons. The van der Waals surface area contributed by atoms with E-state index in [2.05, 4.69) is 16.2 Å². The van der Waals surface area contributed by atoms with E-state index in [0.717, 1.165) is 0 Å². The molecule has 152 valence electrons. The molecule has 0 bridgehead atoms. The van der Waals surface area contributed by atoms with E-state index < -0.39 is 22.8 Å². The number of benzene rings is 2. The Balaban J connectivity index is 1.84. The standard InChI is InChI=1S/C19H20N4O6/c1-3-17(24)20-14-6-4-13(5-7-14)19(26)22-21-18(25)12(2)29-16-10-8-15(9-11-16)23(27)28/h4-12H,3H2,1-2H3,(H,20,24)(H,21,25)(H,22,26). The van der Waals surface area contributed by atoms with Crippen LogP contribution in [0.3, 0.4) is 0 Å². The zero-order valence-electron chi connectivity index (χ0n) is 15.8. The van der Waals surface area contributed by atoms with Crippen molar-refractivity contribution in [2.75, 3.05) is 5.32 Å². The molecule has 0 aliphatic heterocycles. The normalized spacial score (nSPS) is 11.1. The van der Waals surface area contributed by atoms with E-state index in [1.807, 2.05) is 0 Å². The van der Waals surface area contributed by atoms with Crippen molar-refractivity contribution in [3.63, 3.8) is 0 Å². The fourth-order valence-corrected chi connectivity index (χ4v) is 2.15. The molecule has 1 unspecified atom stereocenters. The predicted octanol–water partition coefficient (Wildman–Crippen LogP) is 2.17. The first-order valence-corrected chi connectivity index (χ1v) is 8.71. The topological polar surface area (TPSA) is 140 Å². The van der Waals surface area contributed by atoms with Gasteiger partial charge in [-0.1, -0.05) is 6.92 Å². The SMILES string of the molecule is CCC(=O)Nc1ccc(C(=O)NNC(=O)C(C)Oc2ccc([N+](=O)[O-])cc2)cc1. The number of anilines is 1. The van der Waals surface area contributed by atoms with Crippen LogP contribution >= 0.6 is 0 Å². The molecule has 0 heterocycles. The molecule has 10 nitrogen and oxygen atoms in total. The van der Waals surface area contributed by atoms with Crippen LogP contribution in [-0.4, -0.2) is 28.7 Å². The highest BCUT2D eigenvalue weighted by molar-refractivity contribution is 5.97. The van der Waals surface area contributed by atoms with Crippen LogP contribution in [0.15, 0.2) is 48.5 Å². The number of nitrogens with one attached hydrogen (secondary N) is 3. The quantitative estimate of drug-likeness (QED) is 0.481. The van der Waals surface area contributed by atoms with E-state index in [1.165, 1.54) is 43.3 Å². The molecular weight excluding hydrogens is 380 g/mol. The monoisotopic (exact) mass is 400 g/mol. The molecule has 0 saturated carbocycles. The largest absolute Gasteiger partial charge is 0.481 e. The number of nitro benzene ring substituents is 1. The van der Waals surface area contributed by atoms with Crippen molar-refractivity contribution in [2.24, 2.45) is 0 Å². The second kappa shape index (κ2) is 9.83. The van der Waals surface area contributed by atoms with Gasteiger partial charge in [-0.2, -0.15) is 0 Å². The van der Waals surface area contributed by atoms with Gasteiger partial charge >= 0.3 is 0 Å². The average Bonchev–Trinajstić information content (AvgIpc) is 2.72. The highest BCUT2D eigenvalue weighted by atomic mass is 16.6. The van der Waals surface area contributed by atoms with Gasteiger partial charge in [-0.05, 0) is 43.3 Å². The van der Waals surface area contributed by atoms with Gasteiger partial charge in [0.15, 0.2) is 6.10 Å². The number of carbonyl (C=O) groups excluding carboxylic acids is 3. The van der Waals surface area contributed by atoms with Crippen molar-refractivity contribution in [3.05, 3.63) is 64.2 Å². The Morgan fingerprint density at radius 3 is 2.21 bits per heavy atom. The summed E-state index contributed by atoms with van der Waals surface area (Å²) in [6.45, 7) is 3.19. The summed E-state index contributed by atoms with van der Waals surface area (Å²) >= 11 is 0. The van der Waals surface area contributed by atoms with E-state index >= 15 is 0 Å². The molecular formula is C19H20N4O6. The van der Waals surface area contributed by atoms with Crippen molar-refractivity contribution < 1.29 is 24.0 Å². The summed E-state index contributed by atoms with van der Waals surface area (Å²) in [4.78, 5) is 45.6. The molecule has 3 N–H and O–H groups in total. The number of nitrogens with zero attached hydrogens (tertiary/aromatic N) is 1. The number of ether oxygens (including phenoxy) is 1. The summed E-state index contributed by atoms with van der Waals surface area (Å²) < 4.78 is 5.39. The highest BCUT2D eigenvalue weighted by Crippen LogP contribution is 2.18. The van der Waals surface area contributed by atoms with Crippen molar-refractivity contribution in [1.82, 2.24) is 10.9 Å². The second-order valence-electron chi connectivity index (χ2n) is 5.93. The summed E-state index contributed by atoms with van der Waals surface area (Å²) in [5.74, 6) is -1.02. The molecule has 0 aromatic heterocycles. The molecule has 0 saturated heterocycles. The number of hydrazine groups is 1. The maximum Gasteiger partial charge on any atom is 0.279 e. The first kappa shape index (κ1) is 21.4. The average molecular weight is 400 g/mol. The Bertz CT molecular complexity index is 896. The third-order valence-corrected chi connectivity index (χ3v) is 3.78. The highest BCUT2D eigenvalue weighted by Gasteiger charge is 2.16. The lowest BCUT2D eigenvalue weighted by Crippen LogP contribution is -2.47. The van der Waals surface area contributed by atoms with Crippen LogP contribution in [0.2, 0.25) is 0 Å². The van der Waals surface area contributed by atoms with Crippen LogP contribution in [0.4, 0.5) is 11.4 Å². The molecule has 2 rings (SSSR count). The lowest BCUT2D eigenvalue weighted by atomic mass is 10.2. The van der Waals surface area contributed by atoms with E-state index in [-0.39, 0.29) is 22.9 Å². The van der Waals surface area contributed by atoms with Crippen molar-refractivity contribution >= 4 is 29.1 Å². The van der Waals surface area contributed by atoms with E-state index in [9.17, 15) is 24.5 Å². The van der Waals surface area contributed by atoms with Crippen molar-refractivity contribution in [3.8, 4) is 5.75 Å². The van der Waals surface area contributed by atoms with Gasteiger partial charge in [0.2, 0.25) is 5.91 Å². The van der Waals surface area contributed by atoms with E-state index in [1.54, 1.807) is 19.1 Å². The van der Waals surface area contributed by atoms with Crippen LogP contribution in [0, 0.1) is 10.1 Å². The molecule has 3 amide bonds. The van der Waals surface area contributed by atoms with E-state index in [4.69, 9.17) is 4.74 Å². The van der Waals surface area contributed by atoms with Gasteiger partial charge < -0.3 is 10.1 Å². The van der Waals surface area contributed by atoms with Crippen molar-refractivity contribution in [2.45, 2.75) is 26.4 Å². The summed E-state index contributed by atoms with van der Waals surface area (Å²) in [6.07, 6.45) is -0.614. The zero-order valence-corrected chi connectivity index (χ0v) is 15.8. The number of hydrogen-bond acceptors (Lipinski definition) is 6. The van der Waals surface area contributed by atoms with Gasteiger partial charge in [-0.3, -0.25) is 35.3 Å². The fourth-order valence-electron chi connectivity index (χ4n) is 2.15. The number of amides is 3. The summed E-state index contributed by atoms with van der Waals surface area (Å²) in [5.41, 5.74) is 5.25. The molecule has 2 aromatic carbocycles. The van der Waals surface area contributed by atoms with Gasteiger partial charge in [0.1, 0.15) is 5.75 Å². The molecule has 2 aromatic rings. The van der Waals surface area contributed by atoms with Gasteiger partial charge in [0.25, 0.3) is 17.5 Å². The first-order chi connectivity index (χ1) is 13.8. The molecule has 0 aliphatic carbocycles. The minimum atomic E-state index is -0.955. The molecule has 0 aliphatic rings. The Hall–Kier alpha value is -3.95. The Labute approximate surface area is 166 Å². The lowest BCUT2D eigenvalue weighted by molar-refractivity contribution is -0.384. The molecule has 1 atom stereocenters. The third-order valence-electron chi connectivity index (χ3n) is 3.78. The van der Waals surface area contributed by atoms with Crippen LogP contribution in [-0.2, 0) is 9.59 Å². The van der Waals surface area contributed by atoms with Crippen LogP contribution in [0.25, 0.3) is 0 Å². The third kappa shape index (κ3) is 6.31. The van der Waals surface area contributed by atoms with Crippen LogP contribution in [0.1, 0.15) is 30.6 Å². The number of non-ortho nitro benzene ring substituents is 1. The smallest absolute Gasteiger partial charge is 0.279 e. The molecule has 10 heteroatoms. The zero-order chi connectivity index (χ0) is 21.4. The molecule has 29 heavy (non-hydrogen) atoms. The first-order valence-electron chi connectivity index (χ1n) is 8.71. The van der Waals surface area contributed by atoms with Gasteiger partial charge in [0, 0.05) is 29.8 Å². The van der Waals surface area contributed by atoms with Crippen LogP contribution < -0.4 is 20.9 Å². The predicted molar refractivity (Wildman–Crippen MR) is 104 cm³/mol. The summed E-state index contributed by atoms with van der Waals surface area (Å²) in [5, 5.41) is 13.3. The van der Waals surface area contributed by atoms with E-state index in [0.29, 0.717) is 12.1 Å². The van der Waals surface area contributed by atoms with Gasteiger partial charge in [-0.25, -0.2) is 0 Å². The number of carbonyl (C=O) groups is 3. The maximum absolute atomic E-state index is 12.1. The Kier molecular flexibility index (Phi) is 7.24. The van der Waals surface area contributed by atoms with Gasteiger partial charge in [-0.15, -0.1) is 0 Å². The molecule has 0 fully saturated rings. The van der Waals surface area contributed by atoms with Crippen molar-refractivity contribution in [1.29, 1.82) is 0 Å². The summed E-state index contributed by atoms with van der Waals surface area (Å²) in [7, 11) is 0. The van der Waals surface area contributed by atoms with Gasteiger partial charge in [0.05, 0.1) is 4.92 Å². The van der Waals surface area contributed by atoms with Crippen LogP contribution in [0.5, 0.6) is 5.75 Å². The number of nitro groups is 1.